The van der Waals surface area contributed by atoms with Crippen molar-refractivity contribution >= 4 is 27.5 Å². The first kappa shape index (κ1) is 13.5. The number of carboxylic acids is 1. The zero-order valence-electron chi connectivity index (χ0n) is 11.1. The summed E-state index contributed by atoms with van der Waals surface area (Å²) in [5.41, 5.74) is 0.634. The zero-order chi connectivity index (χ0) is 15.0. The minimum Gasteiger partial charge on any atom is -0.548 e. The smallest absolute Gasteiger partial charge is 0.262 e. The molecule has 0 unspecified atom stereocenters. The van der Waals surface area contributed by atoms with Crippen molar-refractivity contribution < 1.29 is 9.90 Å². The molecule has 2 heterocycles. The van der Waals surface area contributed by atoms with Gasteiger partial charge in [0.2, 0.25) is 0 Å². The molecule has 0 spiro atoms. The lowest BCUT2D eigenvalue weighted by atomic mass is 10.2. The van der Waals surface area contributed by atoms with E-state index in [-0.39, 0.29) is 5.56 Å². The molecule has 0 aliphatic rings. The van der Waals surface area contributed by atoms with E-state index in [1.807, 2.05) is 30.3 Å². The molecule has 0 N–H and O–H groups in total. The van der Waals surface area contributed by atoms with E-state index in [1.165, 1.54) is 24.6 Å². The highest BCUT2D eigenvalue weighted by molar-refractivity contribution is 7.21. The second-order valence-electron chi connectivity index (χ2n) is 4.65. The summed E-state index contributed by atoms with van der Waals surface area (Å²) in [5, 5.41) is 11.3. The van der Waals surface area contributed by atoms with Crippen LogP contribution in [0.25, 0.3) is 20.7 Å². The fourth-order valence-corrected chi connectivity index (χ4v) is 3.07. The Kier molecular flexibility index (Phi) is 3.31. The molecule has 106 valence electrons. The van der Waals surface area contributed by atoms with Crippen molar-refractivity contribution in [2.45, 2.75) is 13.0 Å². The van der Waals surface area contributed by atoms with Gasteiger partial charge in [-0.1, -0.05) is 30.3 Å². The number of rotatable bonds is 3. The number of aromatic nitrogens is 2. The highest BCUT2D eigenvalue weighted by atomic mass is 32.1. The van der Waals surface area contributed by atoms with Crippen LogP contribution < -0.4 is 10.7 Å². The number of carbonyl (C=O) groups is 1. The highest BCUT2D eigenvalue weighted by Gasteiger charge is 2.13. The third-order valence-electron chi connectivity index (χ3n) is 3.29. The number of aliphatic carboxylic acids is 1. The Morgan fingerprint density at radius 3 is 2.71 bits per heavy atom. The number of hydrogen-bond acceptors (Lipinski definition) is 5. The average molecular weight is 299 g/mol. The normalized spacial score (nSPS) is 12.4. The van der Waals surface area contributed by atoms with Gasteiger partial charge in [-0.2, -0.15) is 0 Å². The van der Waals surface area contributed by atoms with Crippen molar-refractivity contribution in [3.63, 3.8) is 0 Å². The molecule has 3 aromatic rings. The molecule has 1 aromatic carbocycles. The molecule has 2 aromatic heterocycles. The number of hydrogen-bond donors (Lipinski definition) is 0. The fraction of sp³-hybridized carbons (Fsp3) is 0.133. The molecule has 0 bridgehead atoms. The Bertz CT molecular complexity index is 868. The first-order chi connectivity index (χ1) is 10.1. The van der Waals surface area contributed by atoms with Crippen LogP contribution in [0.15, 0.2) is 47.5 Å². The van der Waals surface area contributed by atoms with E-state index in [2.05, 4.69) is 4.98 Å². The second-order valence-corrected chi connectivity index (χ2v) is 5.68. The Balaban J connectivity index is 2.17. The van der Waals surface area contributed by atoms with Crippen LogP contribution >= 0.6 is 11.3 Å². The average Bonchev–Trinajstić information content (AvgIpc) is 2.93. The van der Waals surface area contributed by atoms with Crippen molar-refractivity contribution in [3.05, 3.63) is 53.1 Å². The number of fused-ring (bicyclic) bond motifs is 1. The van der Waals surface area contributed by atoms with Gasteiger partial charge < -0.3 is 9.90 Å². The molecule has 21 heavy (non-hydrogen) atoms. The van der Waals surface area contributed by atoms with E-state index < -0.39 is 12.0 Å². The number of nitrogens with zero attached hydrogens (tertiary/aromatic N) is 2. The van der Waals surface area contributed by atoms with Gasteiger partial charge in [0.25, 0.3) is 5.56 Å². The van der Waals surface area contributed by atoms with Gasteiger partial charge >= 0.3 is 0 Å². The molecule has 1 atom stereocenters. The summed E-state index contributed by atoms with van der Waals surface area (Å²) in [7, 11) is 0. The Hall–Kier alpha value is -2.47. The van der Waals surface area contributed by atoms with Gasteiger partial charge in [0.15, 0.2) is 0 Å². The van der Waals surface area contributed by atoms with Crippen molar-refractivity contribution in [3.8, 4) is 10.4 Å². The monoisotopic (exact) mass is 299 g/mol. The van der Waals surface area contributed by atoms with Crippen molar-refractivity contribution in [1.29, 1.82) is 0 Å². The Labute approximate surface area is 124 Å². The molecule has 6 heteroatoms. The van der Waals surface area contributed by atoms with Crippen LogP contribution in [0.1, 0.15) is 13.0 Å². The maximum Gasteiger partial charge on any atom is 0.262 e. The quantitative estimate of drug-likeness (QED) is 0.733. The zero-order valence-corrected chi connectivity index (χ0v) is 12.0. The van der Waals surface area contributed by atoms with Gasteiger partial charge in [-0.3, -0.25) is 9.36 Å². The molecule has 0 radical (unpaired) electrons. The van der Waals surface area contributed by atoms with Gasteiger partial charge in [-0.25, -0.2) is 4.98 Å². The number of thiophene rings is 1. The van der Waals surface area contributed by atoms with Crippen LogP contribution in [0.2, 0.25) is 0 Å². The summed E-state index contributed by atoms with van der Waals surface area (Å²) >= 11 is 1.41. The first-order valence-electron chi connectivity index (χ1n) is 6.35. The molecule has 3 rings (SSSR count). The third-order valence-corrected chi connectivity index (χ3v) is 4.39. The predicted molar refractivity (Wildman–Crippen MR) is 79.0 cm³/mol. The SMILES string of the molecule is C[C@@H](C(=O)[O-])n1cnc2sc(-c3ccccc3)cc2c1=O. The van der Waals surface area contributed by atoms with Crippen molar-refractivity contribution in [2.24, 2.45) is 0 Å². The molecular weight excluding hydrogens is 288 g/mol. The van der Waals surface area contributed by atoms with Crippen LogP contribution in [0.3, 0.4) is 0 Å². The van der Waals surface area contributed by atoms with Gasteiger partial charge in [0.05, 0.1) is 23.7 Å². The van der Waals surface area contributed by atoms with E-state index >= 15 is 0 Å². The number of carboxylic acid groups (broad SMARTS) is 1. The topological polar surface area (TPSA) is 75.0 Å². The van der Waals surface area contributed by atoms with E-state index in [0.717, 1.165) is 15.0 Å². The minimum absolute atomic E-state index is 0.366. The summed E-state index contributed by atoms with van der Waals surface area (Å²) in [6, 6.07) is 10.4. The van der Waals surface area contributed by atoms with E-state index in [0.29, 0.717) is 10.2 Å². The molecule has 0 aliphatic heterocycles. The highest BCUT2D eigenvalue weighted by Crippen LogP contribution is 2.30. The minimum atomic E-state index is -1.31. The predicted octanol–water partition coefficient (Wildman–Crippen LogP) is 1.44. The maximum absolute atomic E-state index is 12.4. The summed E-state index contributed by atoms with van der Waals surface area (Å²) in [5.74, 6) is -1.31. The molecule has 0 fully saturated rings. The van der Waals surface area contributed by atoms with E-state index in [9.17, 15) is 14.7 Å². The van der Waals surface area contributed by atoms with Gasteiger partial charge in [-0.05, 0) is 18.6 Å². The van der Waals surface area contributed by atoms with Crippen molar-refractivity contribution in [1.82, 2.24) is 9.55 Å². The van der Waals surface area contributed by atoms with Crippen LogP contribution in [-0.2, 0) is 4.79 Å². The first-order valence-corrected chi connectivity index (χ1v) is 7.16. The lowest BCUT2D eigenvalue weighted by Crippen LogP contribution is -2.36. The maximum atomic E-state index is 12.4. The molecular formula is C15H11N2O3S-. The molecule has 0 saturated heterocycles. The van der Waals surface area contributed by atoms with E-state index in [4.69, 9.17) is 0 Å². The van der Waals surface area contributed by atoms with Crippen LogP contribution in [-0.4, -0.2) is 15.5 Å². The molecule has 0 saturated carbocycles. The Morgan fingerprint density at radius 2 is 2.05 bits per heavy atom. The number of benzene rings is 1. The summed E-state index contributed by atoms with van der Waals surface area (Å²) in [4.78, 5) is 29.0. The third kappa shape index (κ3) is 2.34. The van der Waals surface area contributed by atoms with Gasteiger partial charge in [0, 0.05) is 4.88 Å². The summed E-state index contributed by atoms with van der Waals surface area (Å²) in [6.45, 7) is 1.40. The molecule has 0 amide bonds. The molecule has 5 nitrogen and oxygen atoms in total. The largest absolute Gasteiger partial charge is 0.548 e. The lowest BCUT2D eigenvalue weighted by Gasteiger charge is -2.14. The van der Waals surface area contributed by atoms with Crippen LogP contribution in [0, 0.1) is 0 Å². The van der Waals surface area contributed by atoms with Crippen molar-refractivity contribution in [2.75, 3.05) is 0 Å². The van der Waals surface area contributed by atoms with Crippen LogP contribution in [0.5, 0.6) is 0 Å². The molecule has 0 aliphatic carbocycles. The fourth-order valence-electron chi connectivity index (χ4n) is 2.07. The summed E-state index contributed by atoms with van der Waals surface area (Å²) in [6.07, 6.45) is 1.26. The van der Waals surface area contributed by atoms with Crippen LogP contribution in [0.4, 0.5) is 0 Å². The van der Waals surface area contributed by atoms with Gasteiger partial charge in [0.1, 0.15) is 4.83 Å². The van der Waals surface area contributed by atoms with Gasteiger partial charge in [-0.15, -0.1) is 11.3 Å². The number of carbonyl (C=O) groups excluding carboxylic acids is 1. The van der Waals surface area contributed by atoms with E-state index in [1.54, 1.807) is 6.07 Å². The summed E-state index contributed by atoms with van der Waals surface area (Å²) < 4.78 is 1.08. The lowest BCUT2D eigenvalue weighted by molar-refractivity contribution is -0.309. The second kappa shape index (κ2) is 5.14. The standard InChI is InChI=1S/C15H12N2O3S/c1-9(15(19)20)17-8-16-13-11(14(17)18)7-12(21-13)10-5-3-2-4-6-10/h2-9H,1H3,(H,19,20)/p-1/t9-/m0/s1. The Morgan fingerprint density at radius 1 is 1.33 bits per heavy atom.